The van der Waals surface area contributed by atoms with Crippen LogP contribution in [0.1, 0.15) is 11.1 Å². The van der Waals surface area contributed by atoms with Crippen LogP contribution in [-0.4, -0.2) is 9.97 Å². The molecule has 0 spiro atoms. The molecule has 0 saturated heterocycles. The summed E-state index contributed by atoms with van der Waals surface area (Å²) in [6.07, 6.45) is 6.90. The smallest absolute Gasteiger partial charge is 0.115 e. The number of benzene rings is 1. The van der Waals surface area contributed by atoms with Crippen LogP contribution in [0, 0.1) is 0 Å². The van der Waals surface area contributed by atoms with Crippen molar-refractivity contribution in [2.24, 2.45) is 0 Å². The Kier molecular flexibility index (Phi) is 3.75. The first-order valence-electron chi connectivity index (χ1n) is 4.93. The largest absolute Gasteiger partial charge is 0.245 e. The highest BCUT2D eigenvalue weighted by atomic mass is 35.5. The predicted octanol–water partition coefficient (Wildman–Crippen LogP) is 3.57. The monoisotopic (exact) mass is 252 g/mol. The minimum absolute atomic E-state index is 0.664. The fourth-order valence-electron chi connectivity index (χ4n) is 1.46. The molecule has 1 heterocycles. The van der Waals surface area contributed by atoms with Gasteiger partial charge in [0.2, 0.25) is 0 Å². The molecule has 0 amide bonds. The third-order valence-electron chi connectivity index (χ3n) is 2.31. The van der Waals surface area contributed by atoms with E-state index in [2.05, 4.69) is 9.97 Å². The van der Waals surface area contributed by atoms with E-state index in [1.807, 2.05) is 24.5 Å². The highest BCUT2D eigenvalue weighted by Crippen LogP contribution is 2.22. The van der Waals surface area contributed by atoms with Gasteiger partial charge in [-0.15, -0.1) is 0 Å². The van der Waals surface area contributed by atoms with E-state index in [1.165, 1.54) is 6.33 Å². The lowest BCUT2D eigenvalue weighted by molar-refractivity contribution is 0.932. The Morgan fingerprint density at radius 2 is 1.75 bits per heavy atom. The Bertz CT molecular complexity index is 472. The molecule has 4 heteroatoms. The SMILES string of the molecule is Clc1ccc(CCc2cncnc2)c(Cl)c1. The van der Waals surface area contributed by atoms with Crippen LogP contribution in [0.15, 0.2) is 36.9 Å². The molecule has 0 fully saturated rings. The van der Waals surface area contributed by atoms with E-state index in [4.69, 9.17) is 23.2 Å². The highest BCUT2D eigenvalue weighted by molar-refractivity contribution is 6.35. The number of rotatable bonds is 3. The van der Waals surface area contributed by atoms with Gasteiger partial charge in [-0.25, -0.2) is 9.97 Å². The lowest BCUT2D eigenvalue weighted by Gasteiger charge is -2.04. The number of aromatic nitrogens is 2. The number of hydrogen-bond donors (Lipinski definition) is 0. The van der Waals surface area contributed by atoms with Gasteiger partial charge in [0.25, 0.3) is 0 Å². The summed E-state index contributed by atoms with van der Waals surface area (Å²) in [7, 11) is 0. The topological polar surface area (TPSA) is 25.8 Å². The molecular weight excluding hydrogens is 243 g/mol. The van der Waals surface area contributed by atoms with Crippen LogP contribution in [0.5, 0.6) is 0 Å². The maximum absolute atomic E-state index is 6.08. The molecule has 0 unspecified atom stereocenters. The Hall–Kier alpha value is -1.12. The standard InChI is InChI=1S/C12H10Cl2N2/c13-11-4-3-10(12(14)5-11)2-1-9-6-15-8-16-7-9/h3-8H,1-2H2. The summed E-state index contributed by atoms with van der Waals surface area (Å²) in [5, 5.41) is 1.38. The first kappa shape index (κ1) is 11.4. The van der Waals surface area contributed by atoms with E-state index in [9.17, 15) is 0 Å². The van der Waals surface area contributed by atoms with Gasteiger partial charge >= 0.3 is 0 Å². The summed E-state index contributed by atoms with van der Waals surface area (Å²) in [5.74, 6) is 0. The Labute approximate surface area is 104 Å². The van der Waals surface area contributed by atoms with Gasteiger partial charge in [0, 0.05) is 22.4 Å². The van der Waals surface area contributed by atoms with Crippen LogP contribution in [0.4, 0.5) is 0 Å². The zero-order valence-electron chi connectivity index (χ0n) is 8.53. The second-order valence-electron chi connectivity index (χ2n) is 3.48. The second-order valence-corrected chi connectivity index (χ2v) is 4.33. The van der Waals surface area contributed by atoms with Crippen LogP contribution in [0.2, 0.25) is 10.0 Å². The summed E-state index contributed by atoms with van der Waals surface area (Å²) in [6.45, 7) is 0. The fraction of sp³-hybridized carbons (Fsp3) is 0.167. The average molecular weight is 253 g/mol. The summed E-state index contributed by atoms with van der Waals surface area (Å²) < 4.78 is 0. The molecular formula is C12H10Cl2N2. The molecule has 2 rings (SSSR count). The Morgan fingerprint density at radius 1 is 1.00 bits per heavy atom. The summed E-state index contributed by atoms with van der Waals surface area (Å²) in [4.78, 5) is 7.94. The molecule has 0 aliphatic carbocycles. The molecule has 1 aromatic heterocycles. The second kappa shape index (κ2) is 5.28. The van der Waals surface area contributed by atoms with Gasteiger partial charge in [-0.2, -0.15) is 0 Å². The Morgan fingerprint density at radius 3 is 2.44 bits per heavy atom. The highest BCUT2D eigenvalue weighted by Gasteiger charge is 2.02. The number of aryl methyl sites for hydroxylation is 2. The van der Waals surface area contributed by atoms with Crippen molar-refractivity contribution in [3.8, 4) is 0 Å². The van der Waals surface area contributed by atoms with E-state index in [0.29, 0.717) is 10.0 Å². The number of hydrogen-bond acceptors (Lipinski definition) is 2. The van der Waals surface area contributed by atoms with Crippen molar-refractivity contribution in [1.29, 1.82) is 0 Å². The van der Waals surface area contributed by atoms with Crippen LogP contribution >= 0.6 is 23.2 Å². The van der Waals surface area contributed by atoms with Gasteiger partial charge < -0.3 is 0 Å². The minimum atomic E-state index is 0.664. The van der Waals surface area contributed by atoms with Gasteiger partial charge in [-0.1, -0.05) is 29.3 Å². The summed E-state index contributed by atoms with van der Waals surface area (Å²) in [5.41, 5.74) is 2.20. The van der Waals surface area contributed by atoms with E-state index in [-0.39, 0.29) is 0 Å². The molecule has 0 N–H and O–H groups in total. The van der Waals surface area contributed by atoms with Crippen LogP contribution in [0.3, 0.4) is 0 Å². The van der Waals surface area contributed by atoms with E-state index >= 15 is 0 Å². The van der Waals surface area contributed by atoms with Crippen LogP contribution in [0.25, 0.3) is 0 Å². The summed E-state index contributed by atoms with van der Waals surface area (Å²) >= 11 is 11.9. The van der Waals surface area contributed by atoms with E-state index < -0.39 is 0 Å². The lowest BCUT2D eigenvalue weighted by atomic mass is 10.1. The zero-order valence-corrected chi connectivity index (χ0v) is 10.0. The van der Waals surface area contributed by atoms with Crippen molar-refractivity contribution in [2.75, 3.05) is 0 Å². The Balaban J connectivity index is 2.05. The fourth-order valence-corrected chi connectivity index (χ4v) is 1.97. The molecule has 0 bridgehead atoms. The molecule has 82 valence electrons. The number of halogens is 2. The maximum Gasteiger partial charge on any atom is 0.115 e. The first-order valence-corrected chi connectivity index (χ1v) is 5.69. The minimum Gasteiger partial charge on any atom is -0.245 e. The van der Waals surface area contributed by atoms with Gasteiger partial charge in [-0.3, -0.25) is 0 Å². The lowest BCUT2D eigenvalue weighted by Crippen LogP contribution is -1.93. The van der Waals surface area contributed by atoms with Crippen molar-refractivity contribution in [3.05, 3.63) is 58.1 Å². The van der Waals surface area contributed by atoms with E-state index in [0.717, 1.165) is 24.0 Å². The molecule has 1 aromatic carbocycles. The summed E-state index contributed by atoms with van der Waals surface area (Å²) in [6, 6.07) is 5.57. The van der Waals surface area contributed by atoms with Crippen molar-refractivity contribution in [1.82, 2.24) is 9.97 Å². The first-order chi connectivity index (χ1) is 7.75. The molecule has 0 aliphatic heterocycles. The normalized spacial score (nSPS) is 10.4. The quantitative estimate of drug-likeness (QED) is 0.835. The third-order valence-corrected chi connectivity index (χ3v) is 2.90. The van der Waals surface area contributed by atoms with E-state index in [1.54, 1.807) is 6.07 Å². The third kappa shape index (κ3) is 2.94. The van der Waals surface area contributed by atoms with Crippen molar-refractivity contribution >= 4 is 23.2 Å². The van der Waals surface area contributed by atoms with Crippen molar-refractivity contribution in [2.45, 2.75) is 12.8 Å². The maximum atomic E-state index is 6.08. The van der Waals surface area contributed by atoms with Gasteiger partial charge in [0.1, 0.15) is 6.33 Å². The molecule has 0 radical (unpaired) electrons. The van der Waals surface area contributed by atoms with Crippen LogP contribution < -0.4 is 0 Å². The van der Waals surface area contributed by atoms with Gasteiger partial charge in [0.05, 0.1) is 0 Å². The van der Waals surface area contributed by atoms with Crippen molar-refractivity contribution in [3.63, 3.8) is 0 Å². The van der Waals surface area contributed by atoms with Crippen LogP contribution in [-0.2, 0) is 12.8 Å². The molecule has 0 atom stereocenters. The molecule has 16 heavy (non-hydrogen) atoms. The number of nitrogens with zero attached hydrogens (tertiary/aromatic N) is 2. The van der Waals surface area contributed by atoms with Gasteiger partial charge in [0.15, 0.2) is 0 Å². The molecule has 2 aromatic rings. The molecule has 0 aliphatic rings. The predicted molar refractivity (Wildman–Crippen MR) is 65.9 cm³/mol. The zero-order chi connectivity index (χ0) is 11.4. The van der Waals surface area contributed by atoms with Crippen molar-refractivity contribution < 1.29 is 0 Å². The molecule has 2 nitrogen and oxygen atoms in total. The molecule has 0 saturated carbocycles. The van der Waals surface area contributed by atoms with Gasteiger partial charge in [-0.05, 0) is 36.1 Å². The average Bonchev–Trinajstić information content (AvgIpc) is 2.29.